The normalized spacial score (nSPS) is 11.0. The highest BCUT2D eigenvalue weighted by Gasteiger charge is 2.15. The lowest BCUT2D eigenvalue weighted by molar-refractivity contribution is -0.116. The number of carbonyl (C=O) groups is 1. The maximum absolute atomic E-state index is 11.5. The van der Waals surface area contributed by atoms with E-state index in [0.717, 1.165) is 23.4 Å². The fourth-order valence-electron chi connectivity index (χ4n) is 3.56. The molecule has 27 heavy (non-hydrogen) atoms. The predicted octanol–water partition coefficient (Wildman–Crippen LogP) is 4.16. The summed E-state index contributed by atoms with van der Waals surface area (Å²) < 4.78 is 2.28. The molecule has 4 heteroatoms. The van der Waals surface area contributed by atoms with E-state index in [1.807, 2.05) is 18.2 Å². The minimum atomic E-state index is -0.154. The number of rotatable bonds is 6. The number of nitrogens with zero attached hydrogens (tertiary/aromatic N) is 2. The maximum atomic E-state index is 11.5. The van der Waals surface area contributed by atoms with Gasteiger partial charge in [-0.25, -0.2) is 4.98 Å². The third-order valence-corrected chi connectivity index (χ3v) is 5.40. The van der Waals surface area contributed by atoms with Crippen molar-refractivity contribution in [1.29, 1.82) is 0 Å². The van der Waals surface area contributed by atoms with Crippen LogP contribution >= 0.6 is 0 Å². The van der Waals surface area contributed by atoms with Gasteiger partial charge in [0.25, 0.3) is 0 Å². The fraction of sp³-hybridized carbons (Fsp3) is 0.304. The van der Waals surface area contributed by atoms with Gasteiger partial charge in [-0.1, -0.05) is 24.8 Å². The van der Waals surface area contributed by atoms with Crippen molar-refractivity contribution >= 4 is 16.9 Å². The molecule has 1 N–H and O–H groups in total. The van der Waals surface area contributed by atoms with E-state index >= 15 is 0 Å². The third kappa shape index (κ3) is 3.80. The summed E-state index contributed by atoms with van der Waals surface area (Å²) in [6.07, 6.45) is 1.97. The Morgan fingerprint density at radius 2 is 1.81 bits per heavy atom. The van der Waals surface area contributed by atoms with E-state index in [0.29, 0.717) is 13.0 Å². The van der Waals surface area contributed by atoms with Gasteiger partial charge in [0.2, 0.25) is 5.91 Å². The summed E-state index contributed by atoms with van der Waals surface area (Å²) in [5.74, 6) is 0.831. The van der Waals surface area contributed by atoms with Crippen LogP contribution < -0.4 is 5.32 Å². The van der Waals surface area contributed by atoms with Crippen LogP contribution in [0.15, 0.2) is 43.0 Å². The average molecular weight is 361 g/mol. The van der Waals surface area contributed by atoms with Crippen molar-refractivity contribution in [3.63, 3.8) is 0 Å². The molecule has 1 heterocycles. The number of hydrogen-bond donors (Lipinski definition) is 1. The zero-order valence-electron chi connectivity index (χ0n) is 16.6. The quantitative estimate of drug-likeness (QED) is 0.670. The van der Waals surface area contributed by atoms with Gasteiger partial charge in [-0.15, -0.1) is 0 Å². The van der Waals surface area contributed by atoms with Crippen LogP contribution in [0.2, 0.25) is 0 Å². The SMILES string of the molecule is C=CC(=O)NCCc1nc2ccccc2n1Cc1c(C)c(C)cc(C)c1C. The van der Waals surface area contributed by atoms with Crippen LogP contribution in [0.4, 0.5) is 0 Å². The first-order chi connectivity index (χ1) is 12.9. The van der Waals surface area contributed by atoms with Gasteiger partial charge < -0.3 is 9.88 Å². The Labute approximate surface area is 160 Å². The number of aryl methyl sites for hydroxylation is 2. The molecule has 0 fully saturated rings. The van der Waals surface area contributed by atoms with E-state index in [1.54, 1.807) is 0 Å². The first-order valence-electron chi connectivity index (χ1n) is 9.33. The lowest BCUT2D eigenvalue weighted by atomic mass is 9.94. The Morgan fingerprint density at radius 3 is 2.48 bits per heavy atom. The summed E-state index contributed by atoms with van der Waals surface area (Å²) in [6, 6.07) is 10.5. The molecule has 0 bridgehead atoms. The second-order valence-corrected chi connectivity index (χ2v) is 7.09. The van der Waals surface area contributed by atoms with E-state index in [1.165, 1.54) is 33.9 Å². The standard InChI is InChI=1S/C23H27N3O/c1-6-23(27)24-12-11-22-25-20-9-7-8-10-21(20)26(22)14-19-17(4)15(2)13-16(3)18(19)5/h6-10,13H,1,11-12,14H2,2-5H3,(H,24,27). The number of benzene rings is 2. The van der Waals surface area contributed by atoms with E-state index in [-0.39, 0.29) is 5.91 Å². The Hall–Kier alpha value is -2.88. The zero-order valence-corrected chi connectivity index (χ0v) is 16.6. The number of para-hydroxylation sites is 2. The summed E-state index contributed by atoms with van der Waals surface area (Å²) in [6.45, 7) is 13.5. The lowest BCUT2D eigenvalue weighted by Gasteiger charge is -2.18. The molecule has 0 saturated carbocycles. The van der Waals surface area contributed by atoms with Crippen LogP contribution in [0.5, 0.6) is 0 Å². The first-order valence-corrected chi connectivity index (χ1v) is 9.33. The Balaban J connectivity index is 2.02. The number of aromatic nitrogens is 2. The van der Waals surface area contributed by atoms with Gasteiger partial charge in [0.05, 0.1) is 11.0 Å². The predicted molar refractivity (Wildman–Crippen MR) is 111 cm³/mol. The zero-order chi connectivity index (χ0) is 19.6. The van der Waals surface area contributed by atoms with Gasteiger partial charge in [-0.3, -0.25) is 4.79 Å². The largest absolute Gasteiger partial charge is 0.352 e. The molecule has 3 rings (SSSR count). The van der Waals surface area contributed by atoms with Gasteiger partial charge in [0, 0.05) is 19.5 Å². The van der Waals surface area contributed by atoms with Crippen molar-refractivity contribution in [3.8, 4) is 0 Å². The second-order valence-electron chi connectivity index (χ2n) is 7.09. The molecule has 1 amide bonds. The van der Waals surface area contributed by atoms with Crippen LogP contribution in [0.1, 0.15) is 33.6 Å². The number of carbonyl (C=O) groups excluding carboxylic acids is 1. The van der Waals surface area contributed by atoms with Gasteiger partial charge in [0.1, 0.15) is 5.82 Å². The summed E-state index contributed by atoms with van der Waals surface area (Å²) in [7, 11) is 0. The molecule has 0 atom stereocenters. The van der Waals surface area contributed by atoms with Crippen LogP contribution in [-0.4, -0.2) is 22.0 Å². The highest BCUT2D eigenvalue weighted by atomic mass is 16.1. The van der Waals surface area contributed by atoms with Gasteiger partial charge in [-0.2, -0.15) is 0 Å². The molecule has 0 aliphatic carbocycles. The molecule has 0 aliphatic rings. The molecular formula is C23H27N3O. The average Bonchev–Trinajstić information content (AvgIpc) is 3.00. The van der Waals surface area contributed by atoms with Crippen molar-refractivity contribution in [3.05, 3.63) is 76.6 Å². The van der Waals surface area contributed by atoms with E-state index in [4.69, 9.17) is 4.98 Å². The van der Waals surface area contributed by atoms with Gasteiger partial charge in [0.15, 0.2) is 0 Å². The molecule has 0 aliphatic heterocycles. The number of nitrogens with one attached hydrogen (secondary N) is 1. The van der Waals surface area contributed by atoms with E-state index in [9.17, 15) is 4.79 Å². The smallest absolute Gasteiger partial charge is 0.243 e. The number of imidazole rings is 1. The molecule has 0 radical (unpaired) electrons. The minimum Gasteiger partial charge on any atom is -0.352 e. The first kappa shape index (κ1) is 18.9. The van der Waals surface area contributed by atoms with Crippen LogP contribution in [0, 0.1) is 27.7 Å². The van der Waals surface area contributed by atoms with Crippen molar-refractivity contribution < 1.29 is 4.79 Å². The summed E-state index contributed by atoms with van der Waals surface area (Å²) in [4.78, 5) is 16.3. The second kappa shape index (κ2) is 7.78. The minimum absolute atomic E-state index is 0.154. The monoisotopic (exact) mass is 361 g/mol. The number of hydrogen-bond acceptors (Lipinski definition) is 2. The maximum Gasteiger partial charge on any atom is 0.243 e. The third-order valence-electron chi connectivity index (χ3n) is 5.40. The van der Waals surface area contributed by atoms with Crippen molar-refractivity contribution in [2.75, 3.05) is 6.54 Å². The van der Waals surface area contributed by atoms with Crippen LogP contribution in [-0.2, 0) is 17.8 Å². The Morgan fingerprint density at radius 1 is 1.15 bits per heavy atom. The van der Waals surface area contributed by atoms with E-state index in [2.05, 4.69) is 56.3 Å². The lowest BCUT2D eigenvalue weighted by Crippen LogP contribution is -2.24. The Kier molecular flexibility index (Phi) is 5.45. The molecule has 140 valence electrons. The van der Waals surface area contributed by atoms with Crippen LogP contribution in [0.25, 0.3) is 11.0 Å². The van der Waals surface area contributed by atoms with E-state index < -0.39 is 0 Å². The van der Waals surface area contributed by atoms with Crippen molar-refractivity contribution in [1.82, 2.24) is 14.9 Å². The summed E-state index contributed by atoms with van der Waals surface area (Å²) in [5.41, 5.74) is 8.77. The highest BCUT2D eigenvalue weighted by Crippen LogP contribution is 2.25. The van der Waals surface area contributed by atoms with Crippen molar-refractivity contribution in [2.45, 2.75) is 40.7 Å². The number of fused-ring (bicyclic) bond motifs is 1. The molecular weight excluding hydrogens is 334 g/mol. The molecule has 4 nitrogen and oxygen atoms in total. The van der Waals surface area contributed by atoms with Crippen LogP contribution in [0.3, 0.4) is 0 Å². The fourth-order valence-corrected chi connectivity index (χ4v) is 3.56. The molecule has 2 aromatic carbocycles. The molecule has 3 aromatic rings. The van der Waals surface area contributed by atoms with Gasteiger partial charge in [-0.05, 0) is 73.7 Å². The molecule has 0 saturated heterocycles. The number of amides is 1. The molecule has 0 spiro atoms. The van der Waals surface area contributed by atoms with Crippen molar-refractivity contribution in [2.24, 2.45) is 0 Å². The van der Waals surface area contributed by atoms with Gasteiger partial charge >= 0.3 is 0 Å². The Bertz CT molecular complexity index is 988. The summed E-state index contributed by atoms with van der Waals surface area (Å²) >= 11 is 0. The molecule has 1 aromatic heterocycles. The summed E-state index contributed by atoms with van der Waals surface area (Å²) in [5, 5.41) is 2.85. The topological polar surface area (TPSA) is 46.9 Å². The highest BCUT2D eigenvalue weighted by molar-refractivity contribution is 5.86. The molecule has 0 unspecified atom stereocenters.